The number of carbonyl (C=O) groups excluding carboxylic acids is 1. The van der Waals surface area contributed by atoms with Gasteiger partial charge in [0.1, 0.15) is 29.8 Å². The second-order valence-corrected chi connectivity index (χ2v) is 6.86. The van der Waals surface area contributed by atoms with Crippen LogP contribution < -0.4 is 10.1 Å². The molecule has 30 heavy (non-hydrogen) atoms. The largest absolute Gasteiger partial charge is 0.488 e. The van der Waals surface area contributed by atoms with Crippen LogP contribution in [0, 0.1) is 31.0 Å². The Morgan fingerprint density at radius 3 is 2.57 bits per heavy atom. The topological polar surface area (TPSA) is 62.1 Å². The van der Waals surface area contributed by atoms with Crippen molar-refractivity contribution >= 4 is 17.7 Å². The standard InChI is InChI=1S/C25H21FN2O2/c1-17-11-12-23(18(2)13-17)28-25(29)21(15-27)14-19-7-4-6-10-24(19)30-16-20-8-3-5-9-22(20)26/h3-14H,16H2,1-2H3,(H,28,29)/b21-14+. The van der Waals surface area contributed by atoms with Gasteiger partial charge in [-0.2, -0.15) is 5.26 Å². The summed E-state index contributed by atoms with van der Waals surface area (Å²) in [7, 11) is 0. The Morgan fingerprint density at radius 2 is 1.83 bits per heavy atom. The van der Waals surface area contributed by atoms with Gasteiger partial charge in [0.2, 0.25) is 0 Å². The fourth-order valence-corrected chi connectivity index (χ4v) is 2.95. The molecule has 0 bridgehead atoms. The molecule has 0 saturated carbocycles. The van der Waals surface area contributed by atoms with E-state index in [-0.39, 0.29) is 18.0 Å². The number of para-hydroxylation sites is 1. The first-order valence-electron chi connectivity index (χ1n) is 9.43. The number of nitriles is 1. The molecule has 0 aliphatic carbocycles. The van der Waals surface area contributed by atoms with Gasteiger partial charge < -0.3 is 10.1 Å². The number of carbonyl (C=O) groups is 1. The third-order valence-corrected chi connectivity index (χ3v) is 4.56. The summed E-state index contributed by atoms with van der Waals surface area (Å²) in [5, 5.41) is 12.3. The molecule has 0 saturated heterocycles. The third kappa shape index (κ3) is 5.12. The minimum Gasteiger partial charge on any atom is -0.488 e. The van der Waals surface area contributed by atoms with Gasteiger partial charge in [0.05, 0.1) is 0 Å². The van der Waals surface area contributed by atoms with Crippen LogP contribution in [0.15, 0.2) is 72.3 Å². The van der Waals surface area contributed by atoms with Crippen LogP contribution in [-0.4, -0.2) is 5.91 Å². The summed E-state index contributed by atoms with van der Waals surface area (Å²) in [5.41, 5.74) is 3.56. The van der Waals surface area contributed by atoms with Crippen LogP contribution in [0.5, 0.6) is 5.75 Å². The summed E-state index contributed by atoms with van der Waals surface area (Å²) in [6.07, 6.45) is 1.47. The second-order valence-electron chi connectivity index (χ2n) is 6.86. The van der Waals surface area contributed by atoms with E-state index in [0.717, 1.165) is 11.1 Å². The Balaban J connectivity index is 1.81. The van der Waals surface area contributed by atoms with E-state index in [0.29, 0.717) is 22.6 Å². The second kappa shape index (κ2) is 9.53. The van der Waals surface area contributed by atoms with Crippen molar-refractivity contribution in [2.45, 2.75) is 20.5 Å². The molecule has 1 amide bonds. The summed E-state index contributed by atoms with van der Waals surface area (Å²) in [6, 6.07) is 21.0. The molecule has 0 atom stereocenters. The SMILES string of the molecule is Cc1ccc(NC(=O)/C(C#N)=C/c2ccccc2OCc2ccccc2F)c(C)c1. The number of aryl methyl sites for hydroxylation is 2. The highest BCUT2D eigenvalue weighted by atomic mass is 19.1. The first kappa shape index (κ1) is 20.8. The van der Waals surface area contributed by atoms with Gasteiger partial charge >= 0.3 is 0 Å². The van der Waals surface area contributed by atoms with Gasteiger partial charge in [-0.1, -0.05) is 54.1 Å². The zero-order chi connectivity index (χ0) is 21.5. The lowest BCUT2D eigenvalue weighted by atomic mass is 10.1. The Bertz CT molecular complexity index is 1150. The molecule has 0 aliphatic rings. The van der Waals surface area contributed by atoms with Gasteiger partial charge in [0, 0.05) is 16.8 Å². The lowest BCUT2D eigenvalue weighted by Gasteiger charge is -2.11. The molecule has 1 N–H and O–H groups in total. The number of benzene rings is 3. The predicted octanol–water partition coefficient (Wildman–Crippen LogP) is 5.57. The Kier molecular flexibility index (Phi) is 6.61. The Hall–Kier alpha value is -3.91. The van der Waals surface area contributed by atoms with Crippen molar-refractivity contribution in [1.29, 1.82) is 5.26 Å². The highest BCUT2D eigenvalue weighted by Gasteiger charge is 2.13. The summed E-state index contributed by atoms with van der Waals surface area (Å²) < 4.78 is 19.6. The van der Waals surface area contributed by atoms with Gasteiger partial charge in [0.15, 0.2) is 0 Å². The van der Waals surface area contributed by atoms with Crippen LogP contribution in [0.25, 0.3) is 6.08 Å². The van der Waals surface area contributed by atoms with E-state index in [9.17, 15) is 14.4 Å². The van der Waals surface area contributed by atoms with Crippen molar-refractivity contribution in [1.82, 2.24) is 0 Å². The minimum absolute atomic E-state index is 0.0359. The van der Waals surface area contributed by atoms with E-state index in [2.05, 4.69) is 5.32 Å². The quantitative estimate of drug-likeness (QED) is 0.435. The van der Waals surface area contributed by atoms with Crippen molar-refractivity contribution in [3.63, 3.8) is 0 Å². The number of nitrogens with one attached hydrogen (secondary N) is 1. The fourth-order valence-electron chi connectivity index (χ4n) is 2.95. The molecular weight excluding hydrogens is 379 g/mol. The minimum atomic E-state index is -0.506. The molecular formula is C25H21FN2O2. The maximum Gasteiger partial charge on any atom is 0.266 e. The summed E-state index contributed by atoms with van der Waals surface area (Å²) in [5.74, 6) is -0.405. The van der Waals surface area contributed by atoms with Crippen molar-refractivity contribution < 1.29 is 13.9 Å². The van der Waals surface area contributed by atoms with Gasteiger partial charge in [-0.3, -0.25) is 4.79 Å². The molecule has 150 valence electrons. The molecule has 0 spiro atoms. The van der Waals surface area contributed by atoms with Gasteiger partial charge in [-0.25, -0.2) is 4.39 Å². The monoisotopic (exact) mass is 400 g/mol. The Labute approximate surface area is 175 Å². The van der Waals surface area contributed by atoms with Crippen molar-refractivity contribution in [2.75, 3.05) is 5.32 Å². The molecule has 0 fully saturated rings. The number of rotatable bonds is 6. The first-order valence-corrected chi connectivity index (χ1v) is 9.43. The lowest BCUT2D eigenvalue weighted by Crippen LogP contribution is -2.14. The smallest absolute Gasteiger partial charge is 0.266 e. The number of hydrogen-bond acceptors (Lipinski definition) is 3. The van der Waals surface area contributed by atoms with Crippen LogP contribution in [-0.2, 0) is 11.4 Å². The Morgan fingerprint density at radius 1 is 1.10 bits per heavy atom. The van der Waals surface area contributed by atoms with E-state index in [4.69, 9.17) is 4.74 Å². The molecule has 5 heteroatoms. The molecule has 0 aromatic heterocycles. The van der Waals surface area contributed by atoms with E-state index >= 15 is 0 Å². The molecule has 0 heterocycles. The van der Waals surface area contributed by atoms with Crippen LogP contribution in [0.1, 0.15) is 22.3 Å². The van der Waals surface area contributed by atoms with Crippen LogP contribution >= 0.6 is 0 Å². The van der Waals surface area contributed by atoms with E-state index in [1.54, 1.807) is 42.5 Å². The van der Waals surface area contributed by atoms with E-state index in [1.165, 1.54) is 12.1 Å². The van der Waals surface area contributed by atoms with E-state index in [1.807, 2.05) is 38.1 Å². The van der Waals surface area contributed by atoms with Gasteiger partial charge in [-0.15, -0.1) is 0 Å². The molecule has 3 aromatic carbocycles. The normalized spacial score (nSPS) is 10.9. The van der Waals surface area contributed by atoms with Crippen molar-refractivity contribution in [3.05, 3.63) is 100 Å². The molecule has 3 aromatic rings. The van der Waals surface area contributed by atoms with Crippen molar-refractivity contribution in [3.8, 4) is 11.8 Å². The van der Waals surface area contributed by atoms with Gasteiger partial charge in [0.25, 0.3) is 5.91 Å². The average molecular weight is 400 g/mol. The summed E-state index contributed by atoms with van der Waals surface area (Å²) in [4.78, 5) is 12.6. The number of nitrogens with zero attached hydrogens (tertiary/aromatic N) is 1. The van der Waals surface area contributed by atoms with Crippen LogP contribution in [0.4, 0.5) is 10.1 Å². The number of ether oxygens (including phenoxy) is 1. The zero-order valence-electron chi connectivity index (χ0n) is 16.8. The predicted molar refractivity (Wildman–Crippen MR) is 115 cm³/mol. The van der Waals surface area contributed by atoms with E-state index < -0.39 is 5.91 Å². The van der Waals surface area contributed by atoms with Gasteiger partial charge in [-0.05, 0) is 43.7 Å². The highest BCUT2D eigenvalue weighted by molar-refractivity contribution is 6.10. The number of halogens is 1. The van der Waals surface area contributed by atoms with Crippen LogP contribution in [0.2, 0.25) is 0 Å². The summed E-state index contributed by atoms with van der Waals surface area (Å²) in [6.45, 7) is 3.90. The maximum absolute atomic E-state index is 13.8. The maximum atomic E-state index is 13.8. The lowest BCUT2D eigenvalue weighted by molar-refractivity contribution is -0.112. The number of anilines is 1. The molecule has 3 rings (SSSR count). The molecule has 0 radical (unpaired) electrons. The molecule has 4 nitrogen and oxygen atoms in total. The number of hydrogen-bond donors (Lipinski definition) is 1. The third-order valence-electron chi connectivity index (χ3n) is 4.56. The molecule has 0 unspecified atom stereocenters. The first-order chi connectivity index (χ1) is 14.5. The summed E-state index contributed by atoms with van der Waals surface area (Å²) >= 11 is 0. The fraction of sp³-hybridized carbons (Fsp3) is 0.120. The highest BCUT2D eigenvalue weighted by Crippen LogP contribution is 2.23. The van der Waals surface area contributed by atoms with Crippen molar-refractivity contribution in [2.24, 2.45) is 0 Å². The number of amides is 1. The van der Waals surface area contributed by atoms with Crippen LogP contribution in [0.3, 0.4) is 0 Å². The zero-order valence-corrected chi connectivity index (χ0v) is 16.8. The molecule has 0 aliphatic heterocycles. The average Bonchev–Trinajstić information content (AvgIpc) is 2.74.